The van der Waals surface area contributed by atoms with Gasteiger partial charge >= 0.3 is 0 Å². The van der Waals surface area contributed by atoms with Crippen molar-refractivity contribution in [3.05, 3.63) is 76.8 Å². The van der Waals surface area contributed by atoms with Crippen molar-refractivity contribution in [1.29, 1.82) is 0 Å². The standard InChI is InChI=1S/C23H24N4O3/c1-17(23(28)24-20-7-6-18-4-2-3-5-19(18)16-20)25-12-14-26(15-13-25)21-8-10-22(11-9-21)27(29)30/h2-11,16-17H,12-15H2,1H3,(H,24,28). The lowest BCUT2D eigenvalue weighted by atomic mass is 10.1. The molecule has 0 bridgehead atoms. The van der Waals surface area contributed by atoms with Crippen LogP contribution in [0.3, 0.4) is 0 Å². The third-order valence-corrected chi connectivity index (χ3v) is 5.68. The molecule has 1 N–H and O–H groups in total. The van der Waals surface area contributed by atoms with E-state index in [1.807, 2.05) is 49.4 Å². The molecule has 7 heteroatoms. The highest BCUT2D eigenvalue weighted by atomic mass is 16.6. The van der Waals surface area contributed by atoms with Gasteiger partial charge in [0.2, 0.25) is 5.91 Å². The van der Waals surface area contributed by atoms with Crippen LogP contribution in [0.5, 0.6) is 0 Å². The number of rotatable bonds is 5. The lowest BCUT2D eigenvalue weighted by Gasteiger charge is -2.38. The quantitative estimate of drug-likeness (QED) is 0.515. The van der Waals surface area contributed by atoms with E-state index >= 15 is 0 Å². The zero-order chi connectivity index (χ0) is 21.1. The minimum atomic E-state index is -0.391. The molecule has 1 unspecified atom stereocenters. The number of hydrogen-bond donors (Lipinski definition) is 1. The smallest absolute Gasteiger partial charge is 0.269 e. The van der Waals surface area contributed by atoms with Gasteiger partial charge in [-0.2, -0.15) is 0 Å². The van der Waals surface area contributed by atoms with Crippen molar-refractivity contribution in [2.45, 2.75) is 13.0 Å². The number of nitrogens with zero attached hydrogens (tertiary/aromatic N) is 3. The number of hydrogen-bond acceptors (Lipinski definition) is 5. The Balaban J connectivity index is 1.34. The summed E-state index contributed by atoms with van der Waals surface area (Å²) in [5.74, 6) is -0.0194. The Morgan fingerprint density at radius 3 is 2.30 bits per heavy atom. The summed E-state index contributed by atoms with van der Waals surface area (Å²) in [6.45, 7) is 4.97. The molecule has 1 heterocycles. The summed E-state index contributed by atoms with van der Waals surface area (Å²) in [5, 5.41) is 16.1. The van der Waals surface area contributed by atoms with Crippen LogP contribution in [-0.2, 0) is 4.79 Å². The van der Waals surface area contributed by atoms with Crippen LogP contribution >= 0.6 is 0 Å². The third-order valence-electron chi connectivity index (χ3n) is 5.68. The third kappa shape index (κ3) is 4.26. The van der Waals surface area contributed by atoms with E-state index in [1.165, 1.54) is 12.1 Å². The maximum absolute atomic E-state index is 12.8. The molecule has 154 valence electrons. The van der Waals surface area contributed by atoms with Crippen LogP contribution in [0, 0.1) is 10.1 Å². The summed E-state index contributed by atoms with van der Waals surface area (Å²) in [5.41, 5.74) is 1.86. The average Bonchev–Trinajstić information content (AvgIpc) is 2.78. The van der Waals surface area contributed by atoms with E-state index in [2.05, 4.69) is 15.1 Å². The molecule has 1 aliphatic heterocycles. The second-order valence-electron chi connectivity index (χ2n) is 7.52. The number of fused-ring (bicyclic) bond motifs is 1. The van der Waals surface area contributed by atoms with Gasteiger partial charge in [0.25, 0.3) is 5.69 Å². The van der Waals surface area contributed by atoms with Gasteiger partial charge < -0.3 is 10.2 Å². The van der Waals surface area contributed by atoms with Crippen molar-refractivity contribution in [2.24, 2.45) is 0 Å². The normalized spacial score (nSPS) is 15.7. The Hall–Kier alpha value is -3.45. The van der Waals surface area contributed by atoms with Gasteiger partial charge in [-0.15, -0.1) is 0 Å². The van der Waals surface area contributed by atoms with E-state index in [0.717, 1.165) is 48.3 Å². The summed E-state index contributed by atoms with van der Waals surface area (Å²) < 4.78 is 0. The van der Waals surface area contributed by atoms with E-state index in [4.69, 9.17) is 0 Å². The van der Waals surface area contributed by atoms with Crippen LogP contribution in [0.1, 0.15) is 6.92 Å². The first-order valence-electron chi connectivity index (χ1n) is 10.0. The van der Waals surface area contributed by atoms with Gasteiger partial charge in [0, 0.05) is 49.7 Å². The lowest BCUT2D eigenvalue weighted by Crippen LogP contribution is -2.52. The van der Waals surface area contributed by atoms with Crippen molar-refractivity contribution in [3.63, 3.8) is 0 Å². The lowest BCUT2D eigenvalue weighted by molar-refractivity contribution is -0.384. The molecule has 1 saturated heterocycles. The number of nitro benzene ring substituents is 1. The monoisotopic (exact) mass is 404 g/mol. The number of carbonyl (C=O) groups excluding carboxylic acids is 1. The predicted octanol–water partition coefficient (Wildman–Crippen LogP) is 3.90. The summed E-state index contributed by atoms with van der Waals surface area (Å²) in [6, 6.07) is 20.4. The summed E-state index contributed by atoms with van der Waals surface area (Å²) >= 11 is 0. The maximum atomic E-state index is 12.8. The molecule has 30 heavy (non-hydrogen) atoms. The van der Waals surface area contributed by atoms with Crippen molar-refractivity contribution >= 4 is 33.7 Å². The van der Waals surface area contributed by atoms with Gasteiger partial charge in [0.05, 0.1) is 11.0 Å². The molecule has 1 fully saturated rings. The molecule has 1 atom stereocenters. The zero-order valence-corrected chi connectivity index (χ0v) is 16.8. The SMILES string of the molecule is CC(C(=O)Nc1ccc2ccccc2c1)N1CCN(c2ccc([N+](=O)[O-])cc2)CC1. The van der Waals surface area contributed by atoms with Crippen LogP contribution in [0.25, 0.3) is 10.8 Å². The number of piperazine rings is 1. The fraction of sp³-hybridized carbons (Fsp3) is 0.261. The Morgan fingerprint density at radius 2 is 1.63 bits per heavy atom. The fourth-order valence-electron chi connectivity index (χ4n) is 3.83. The van der Waals surface area contributed by atoms with Crippen LogP contribution < -0.4 is 10.2 Å². The van der Waals surface area contributed by atoms with E-state index < -0.39 is 4.92 Å². The summed E-state index contributed by atoms with van der Waals surface area (Å²) in [6.07, 6.45) is 0. The number of anilines is 2. The first-order valence-corrected chi connectivity index (χ1v) is 10.0. The van der Waals surface area contributed by atoms with Crippen LogP contribution in [0.2, 0.25) is 0 Å². The molecule has 0 aliphatic carbocycles. The predicted molar refractivity (Wildman–Crippen MR) is 119 cm³/mol. The van der Waals surface area contributed by atoms with Crippen LogP contribution in [-0.4, -0.2) is 48.0 Å². The van der Waals surface area contributed by atoms with Gasteiger partial charge in [0.1, 0.15) is 0 Å². The number of nitrogens with one attached hydrogen (secondary N) is 1. The topological polar surface area (TPSA) is 78.7 Å². The van der Waals surface area contributed by atoms with Crippen molar-refractivity contribution in [2.75, 3.05) is 36.4 Å². The molecule has 3 aromatic carbocycles. The first kappa shape index (κ1) is 19.8. The minimum absolute atomic E-state index is 0.0194. The highest BCUT2D eigenvalue weighted by Crippen LogP contribution is 2.22. The highest BCUT2D eigenvalue weighted by Gasteiger charge is 2.26. The van der Waals surface area contributed by atoms with Crippen molar-refractivity contribution in [3.8, 4) is 0 Å². The molecule has 0 aromatic heterocycles. The Kier molecular flexibility index (Phi) is 5.63. The molecular weight excluding hydrogens is 380 g/mol. The molecule has 0 spiro atoms. The van der Waals surface area contributed by atoms with E-state index in [-0.39, 0.29) is 17.6 Å². The number of carbonyl (C=O) groups is 1. The van der Waals surface area contributed by atoms with Gasteiger partial charge in [-0.1, -0.05) is 30.3 Å². The summed E-state index contributed by atoms with van der Waals surface area (Å²) in [7, 11) is 0. The molecule has 0 saturated carbocycles. The number of amides is 1. The van der Waals surface area contributed by atoms with Crippen LogP contribution in [0.15, 0.2) is 66.7 Å². The van der Waals surface area contributed by atoms with Crippen LogP contribution in [0.4, 0.5) is 17.1 Å². The van der Waals surface area contributed by atoms with Gasteiger partial charge in [0.15, 0.2) is 0 Å². The second-order valence-corrected chi connectivity index (χ2v) is 7.52. The Bertz CT molecular complexity index is 1060. The molecule has 7 nitrogen and oxygen atoms in total. The first-order chi connectivity index (χ1) is 14.5. The average molecular weight is 404 g/mol. The van der Waals surface area contributed by atoms with Gasteiger partial charge in [-0.25, -0.2) is 0 Å². The van der Waals surface area contributed by atoms with E-state index in [0.29, 0.717) is 0 Å². The maximum Gasteiger partial charge on any atom is 0.269 e. The molecule has 0 radical (unpaired) electrons. The molecule has 3 aromatic rings. The zero-order valence-electron chi connectivity index (χ0n) is 16.8. The van der Waals surface area contributed by atoms with Crippen molar-refractivity contribution < 1.29 is 9.72 Å². The minimum Gasteiger partial charge on any atom is -0.369 e. The molecule has 4 rings (SSSR count). The summed E-state index contributed by atoms with van der Waals surface area (Å²) in [4.78, 5) is 27.5. The number of benzene rings is 3. The largest absolute Gasteiger partial charge is 0.369 e. The Morgan fingerprint density at radius 1 is 0.967 bits per heavy atom. The molecule has 1 aliphatic rings. The molecule has 1 amide bonds. The number of nitro groups is 1. The van der Waals surface area contributed by atoms with E-state index in [1.54, 1.807) is 12.1 Å². The highest BCUT2D eigenvalue weighted by molar-refractivity contribution is 5.97. The fourth-order valence-corrected chi connectivity index (χ4v) is 3.83. The van der Waals surface area contributed by atoms with Gasteiger partial charge in [-0.3, -0.25) is 19.8 Å². The molecular formula is C23H24N4O3. The Labute approximate surface area is 175 Å². The van der Waals surface area contributed by atoms with Crippen molar-refractivity contribution in [1.82, 2.24) is 4.90 Å². The van der Waals surface area contributed by atoms with E-state index in [9.17, 15) is 14.9 Å². The van der Waals surface area contributed by atoms with Gasteiger partial charge in [-0.05, 0) is 42.0 Å². The second kappa shape index (κ2) is 8.51. The number of non-ortho nitro benzene ring substituents is 1.